The molecule has 3 rings (SSSR count). The van der Waals surface area contributed by atoms with Crippen LogP contribution < -0.4 is 0 Å². The topological polar surface area (TPSA) is 46.5 Å². The lowest BCUT2D eigenvalue weighted by Crippen LogP contribution is -2.67. The first-order valence-corrected chi connectivity index (χ1v) is 3.87. The summed E-state index contributed by atoms with van der Waals surface area (Å²) in [5, 5.41) is 9.38. The molecule has 0 amide bonds. The van der Waals surface area contributed by atoms with E-state index in [2.05, 4.69) is 4.74 Å². The van der Waals surface area contributed by atoms with E-state index in [0.717, 1.165) is 19.3 Å². The molecule has 0 unspecified atom stereocenters. The molecule has 0 aromatic carbocycles. The Bertz CT molecular complexity index is 190. The highest BCUT2D eigenvalue weighted by molar-refractivity contribution is 5.71. The molecule has 0 radical (unpaired) electrons. The summed E-state index contributed by atoms with van der Waals surface area (Å²) >= 11 is 0. The Morgan fingerprint density at radius 3 is 2.45 bits per heavy atom. The van der Waals surface area contributed by atoms with Crippen LogP contribution in [0.25, 0.3) is 0 Å². The van der Waals surface area contributed by atoms with E-state index in [0.29, 0.717) is 6.42 Å². The molecule has 0 atom stereocenters. The second-order valence-electron chi connectivity index (χ2n) is 4.01. The van der Waals surface area contributed by atoms with Crippen LogP contribution in [0.4, 0.5) is 0 Å². The Balaban J connectivity index is 1.86. The fourth-order valence-corrected chi connectivity index (χ4v) is 2.50. The van der Waals surface area contributed by atoms with Crippen LogP contribution in [0.2, 0.25) is 0 Å². The van der Waals surface area contributed by atoms with Crippen molar-refractivity contribution in [3.63, 3.8) is 0 Å². The number of ether oxygens (including phenoxy) is 1. The van der Waals surface area contributed by atoms with Crippen LogP contribution in [0.15, 0.2) is 0 Å². The summed E-state index contributed by atoms with van der Waals surface area (Å²) in [4.78, 5) is 10.8. The van der Waals surface area contributed by atoms with Gasteiger partial charge in [-0.1, -0.05) is 0 Å². The summed E-state index contributed by atoms with van der Waals surface area (Å²) in [5.41, 5.74) is -0.268. The minimum Gasteiger partial charge on any atom is -0.469 e. The van der Waals surface area contributed by atoms with Gasteiger partial charge < -0.3 is 9.84 Å². The van der Waals surface area contributed by atoms with E-state index in [1.807, 2.05) is 0 Å². The van der Waals surface area contributed by atoms with Gasteiger partial charge in [-0.15, -0.1) is 0 Å². The van der Waals surface area contributed by atoms with Gasteiger partial charge in [-0.25, -0.2) is 0 Å². The summed E-state index contributed by atoms with van der Waals surface area (Å²) in [7, 11) is 1.41. The minimum absolute atomic E-state index is 0.127. The van der Waals surface area contributed by atoms with Crippen LogP contribution in [-0.2, 0) is 9.53 Å². The van der Waals surface area contributed by atoms with Crippen LogP contribution in [-0.4, -0.2) is 23.8 Å². The molecule has 0 spiro atoms. The number of carbonyl (C=O) groups is 1. The molecule has 3 aliphatic rings. The lowest BCUT2D eigenvalue weighted by Gasteiger charge is -2.67. The number of hydrogen-bond acceptors (Lipinski definition) is 3. The third-order valence-corrected chi connectivity index (χ3v) is 2.86. The summed E-state index contributed by atoms with van der Waals surface area (Å²) in [6.45, 7) is 0. The highest BCUT2D eigenvalue weighted by atomic mass is 16.5. The number of rotatable bonds is 2. The lowest BCUT2D eigenvalue weighted by atomic mass is 9.40. The lowest BCUT2D eigenvalue weighted by molar-refractivity contribution is -0.262. The van der Waals surface area contributed by atoms with Crippen LogP contribution in [0.3, 0.4) is 0 Å². The molecular formula is C8H12O3. The molecule has 0 aliphatic heterocycles. The largest absolute Gasteiger partial charge is 0.469 e. The van der Waals surface area contributed by atoms with Crippen molar-refractivity contribution in [2.75, 3.05) is 7.11 Å². The van der Waals surface area contributed by atoms with Crippen molar-refractivity contribution in [2.45, 2.75) is 31.3 Å². The van der Waals surface area contributed by atoms with Crippen molar-refractivity contribution in [3.8, 4) is 0 Å². The zero-order valence-electron chi connectivity index (χ0n) is 6.59. The van der Waals surface area contributed by atoms with Gasteiger partial charge in [0.05, 0.1) is 19.1 Å². The third kappa shape index (κ3) is 0.872. The number of hydrogen-bond donors (Lipinski definition) is 1. The molecule has 3 heteroatoms. The highest BCUT2D eigenvalue weighted by Crippen LogP contribution is 2.68. The van der Waals surface area contributed by atoms with Gasteiger partial charge in [-0.05, 0) is 24.7 Å². The molecule has 1 N–H and O–H groups in total. The molecular weight excluding hydrogens is 144 g/mol. The van der Waals surface area contributed by atoms with Gasteiger partial charge in [-0.3, -0.25) is 4.79 Å². The van der Waals surface area contributed by atoms with Crippen molar-refractivity contribution >= 4 is 5.97 Å². The smallest absolute Gasteiger partial charge is 0.306 e. The highest BCUT2D eigenvalue weighted by Gasteiger charge is 2.67. The van der Waals surface area contributed by atoms with Gasteiger partial charge in [0.25, 0.3) is 0 Å². The number of methoxy groups -OCH3 is 1. The molecule has 0 aromatic rings. The predicted molar refractivity (Wildman–Crippen MR) is 37.9 cm³/mol. The fraction of sp³-hybridized carbons (Fsp3) is 0.875. The first kappa shape index (κ1) is 7.10. The van der Waals surface area contributed by atoms with Gasteiger partial charge in [0.2, 0.25) is 0 Å². The summed E-state index contributed by atoms with van der Waals surface area (Å²) < 4.78 is 4.56. The van der Waals surface area contributed by atoms with Crippen molar-refractivity contribution in [2.24, 2.45) is 5.41 Å². The van der Waals surface area contributed by atoms with Crippen molar-refractivity contribution in [3.05, 3.63) is 0 Å². The standard InChI is InChI=1S/C8H12O3/c1-11-6(9)2-7-3-8(10,4-7)5-7/h10H,2-5H2,1H3. The summed E-state index contributed by atoms with van der Waals surface area (Å²) in [6.07, 6.45) is 2.89. The second-order valence-corrected chi connectivity index (χ2v) is 4.01. The zero-order chi connectivity index (χ0) is 8.11. The average Bonchev–Trinajstić information content (AvgIpc) is 1.82. The Morgan fingerprint density at radius 1 is 1.55 bits per heavy atom. The van der Waals surface area contributed by atoms with E-state index in [4.69, 9.17) is 0 Å². The molecule has 3 saturated carbocycles. The number of aliphatic hydroxyl groups is 1. The average molecular weight is 156 g/mol. The van der Waals surface area contributed by atoms with E-state index in [1.165, 1.54) is 7.11 Å². The second kappa shape index (κ2) is 1.78. The SMILES string of the molecule is COC(=O)CC12CC(O)(C1)C2. The maximum atomic E-state index is 10.8. The van der Waals surface area contributed by atoms with Gasteiger partial charge in [0, 0.05) is 0 Å². The Labute approximate surface area is 65.4 Å². The number of esters is 1. The Morgan fingerprint density at radius 2 is 2.09 bits per heavy atom. The first-order chi connectivity index (χ1) is 5.08. The Hall–Kier alpha value is -0.570. The maximum absolute atomic E-state index is 10.8. The van der Waals surface area contributed by atoms with Gasteiger partial charge in [0.1, 0.15) is 0 Å². The Kier molecular flexibility index (Phi) is 1.15. The van der Waals surface area contributed by atoms with E-state index in [-0.39, 0.29) is 11.4 Å². The van der Waals surface area contributed by atoms with Crippen LogP contribution in [0.1, 0.15) is 25.7 Å². The molecule has 11 heavy (non-hydrogen) atoms. The molecule has 3 nitrogen and oxygen atoms in total. The first-order valence-electron chi connectivity index (χ1n) is 3.87. The van der Waals surface area contributed by atoms with Crippen LogP contribution in [0, 0.1) is 5.41 Å². The van der Waals surface area contributed by atoms with E-state index >= 15 is 0 Å². The van der Waals surface area contributed by atoms with Crippen LogP contribution >= 0.6 is 0 Å². The molecule has 62 valence electrons. The van der Waals surface area contributed by atoms with Crippen molar-refractivity contribution in [1.29, 1.82) is 0 Å². The third-order valence-electron chi connectivity index (χ3n) is 2.86. The zero-order valence-corrected chi connectivity index (χ0v) is 6.59. The molecule has 0 saturated heterocycles. The molecule has 3 fully saturated rings. The number of carbonyl (C=O) groups excluding carboxylic acids is 1. The maximum Gasteiger partial charge on any atom is 0.306 e. The minimum atomic E-state index is -0.395. The van der Waals surface area contributed by atoms with Crippen LogP contribution in [0.5, 0.6) is 0 Å². The van der Waals surface area contributed by atoms with Gasteiger partial charge in [0.15, 0.2) is 0 Å². The molecule has 3 aliphatic carbocycles. The molecule has 2 bridgehead atoms. The predicted octanol–water partition coefficient (Wildman–Crippen LogP) is 0.464. The van der Waals surface area contributed by atoms with E-state index in [1.54, 1.807) is 0 Å². The van der Waals surface area contributed by atoms with E-state index < -0.39 is 5.60 Å². The summed E-state index contributed by atoms with van der Waals surface area (Å²) in [5.74, 6) is -0.147. The quantitative estimate of drug-likeness (QED) is 0.591. The fourth-order valence-electron chi connectivity index (χ4n) is 2.50. The molecule has 0 aromatic heterocycles. The molecule has 0 heterocycles. The van der Waals surface area contributed by atoms with E-state index in [9.17, 15) is 9.90 Å². The van der Waals surface area contributed by atoms with Gasteiger partial charge in [-0.2, -0.15) is 0 Å². The van der Waals surface area contributed by atoms with Gasteiger partial charge >= 0.3 is 5.97 Å². The van der Waals surface area contributed by atoms with Crippen molar-refractivity contribution < 1.29 is 14.6 Å². The van der Waals surface area contributed by atoms with Crippen molar-refractivity contribution in [1.82, 2.24) is 0 Å². The monoisotopic (exact) mass is 156 g/mol. The normalized spacial score (nSPS) is 45.6. The summed E-state index contributed by atoms with van der Waals surface area (Å²) in [6, 6.07) is 0.